The molecule has 0 bridgehead atoms. The predicted molar refractivity (Wildman–Crippen MR) is 54.1 cm³/mol. The molecule has 0 aliphatic rings. The molecule has 1 unspecified atom stereocenters. The van der Waals surface area contributed by atoms with Crippen molar-refractivity contribution in [1.29, 1.82) is 0 Å². The maximum absolute atomic E-state index is 9.25. The Morgan fingerprint density at radius 1 is 1.42 bits per heavy atom. The molecule has 0 spiro atoms. The minimum absolute atomic E-state index is 0.330. The van der Waals surface area contributed by atoms with Gasteiger partial charge in [0.1, 0.15) is 0 Å². The van der Waals surface area contributed by atoms with Crippen molar-refractivity contribution in [3.63, 3.8) is 0 Å². The molecule has 1 heteroatoms. The summed E-state index contributed by atoms with van der Waals surface area (Å²) in [7, 11) is 0. The number of rotatable bonds is 7. The highest BCUT2D eigenvalue weighted by Crippen LogP contribution is 2.01. The van der Waals surface area contributed by atoms with Crippen molar-refractivity contribution in [2.24, 2.45) is 0 Å². The third kappa shape index (κ3) is 7.55. The Hall–Kier alpha value is -0.560. The minimum Gasteiger partial charge on any atom is -0.389 e. The zero-order valence-electron chi connectivity index (χ0n) is 8.00. The Bertz CT molecular complexity index is 127. The summed E-state index contributed by atoms with van der Waals surface area (Å²) in [5.41, 5.74) is 0. The van der Waals surface area contributed by atoms with Gasteiger partial charge in [-0.1, -0.05) is 38.0 Å². The van der Waals surface area contributed by atoms with Crippen molar-refractivity contribution >= 4 is 0 Å². The van der Waals surface area contributed by atoms with Crippen LogP contribution in [0.5, 0.6) is 0 Å². The smallest absolute Gasteiger partial charge is 0.0755 e. The van der Waals surface area contributed by atoms with Crippen LogP contribution in [0.3, 0.4) is 0 Å². The number of hydrogen-bond acceptors (Lipinski definition) is 1. The SMILES string of the molecule is C=CCC(O)C=CCCCCC. The molecule has 1 atom stereocenters. The molecule has 0 aromatic carbocycles. The first-order valence-electron chi connectivity index (χ1n) is 4.76. The van der Waals surface area contributed by atoms with Gasteiger partial charge in [-0.15, -0.1) is 6.58 Å². The van der Waals surface area contributed by atoms with Crippen LogP contribution in [0.25, 0.3) is 0 Å². The van der Waals surface area contributed by atoms with Crippen LogP contribution in [0.4, 0.5) is 0 Å². The molecule has 1 N–H and O–H groups in total. The van der Waals surface area contributed by atoms with Crippen LogP contribution in [0.2, 0.25) is 0 Å². The van der Waals surface area contributed by atoms with Gasteiger partial charge in [0.05, 0.1) is 6.10 Å². The van der Waals surface area contributed by atoms with Crippen LogP contribution in [0.1, 0.15) is 39.0 Å². The predicted octanol–water partition coefficient (Wildman–Crippen LogP) is 3.06. The molecule has 0 amide bonds. The van der Waals surface area contributed by atoms with Crippen molar-refractivity contribution in [3.8, 4) is 0 Å². The number of aliphatic hydroxyl groups excluding tert-OH is 1. The molecule has 0 aliphatic carbocycles. The van der Waals surface area contributed by atoms with Crippen molar-refractivity contribution in [2.75, 3.05) is 0 Å². The first-order chi connectivity index (χ1) is 5.81. The van der Waals surface area contributed by atoms with E-state index >= 15 is 0 Å². The van der Waals surface area contributed by atoms with Crippen molar-refractivity contribution in [2.45, 2.75) is 45.1 Å². The summed E-state index contributed by atoms with van der Waals surface area (Å²) in [5.74, 6) is 0. The number of aliphatic hydroxyl groups is 1. The van der Waals surface area contributed by atoms with Crippen LogP contribution in [0, 0.1) is 0 Å². The molecule has 0 fully saturated rings. The van der Waals surface area contributed by atoms with E-state index in [2.05, 4.69) is 19.6 Å². The fraction of sp³-hybridized carbons (Fsp3) is 0.636. The molecular formula is C11H20O. The zero-order chi connectivity index (χ0) is 9.23. The lowest BCUT2D eigenvalue weighted by Crippen LogP contribution is -1.98. The topological polar surface area (TPSA) is 20.2 Å². The van der Waals surface area contributed by atoms with E-state index < -0.39 is 0 Å². The van der Waals surface area contributed by atoms with Gasteiger partial charge in [-0.25, -0.2) is 0 Å². The lowest BCUT2D eigenvalue weighted by Gasteiger charge is -1.99. The van der Waals surface area contributed by atoms with E-state index in [1.54, 1.807) is 6.08 Å². The molecule has 0 saturated carbocycles. The van der Waals surface area contributed by atoms with Gasteiger partial charge < -0.3 is 5.11 Å². The minimum atomic E-state index is -0.330. The number of allylic oxidation sites excluding steroid dienone is 1. The Morgan fingerprint density at radius 3 is 2.75 bits per heavy atom. The number of unbranched alkanes of at least 4 members (excludes halogenated alkanes) is 3. The quantitative estimate of drug-likeness (QED) is 0.457. The van der Waals surface area contributed by atoms with E-state index in [0.717, 1.165) is 6.42 Å². The maximum atomic E-state index is 9.25. The van der Waals surface area contributed by atoms with Crippen molar-refractivity contribution in [3.05, 3.63) is 24.8 Å². The van der Waals surface area contributed by atoms with Gasteiger partial charge in [-0.05, 0) is 19.3 Å². The lowest BCUT2D eigenvalue weighted by atomic mass is 10.1. The summed E-state index contributed by atoms with van der Waals surface area (Å²) >= 11 is 0. The van der Waals surface area contributed by atoms with Gasteiger partial charge in [0.25, 0.3) is 0 Å². The van der Waals surface area contributed by atoms with Crippen LogP contribution in [0.15, 0.2) is 24.8 Å². The van der Waals surface area contributed by atoms with Crippen LogP contribution in [-0.2, 0) is 0 Å². The molecule has 0 heterocycles. The zero-order valence-corrected chi connectivity index (χ0v) is 8.00. The fourth-order valence-electron chi connectivity index (χ4n) is 1.01. The van der Waals surface area contributed by atoms with E-state index in [-0.39, 0.29) is 6.10 Å². The van der Waals surface area contributed by atoms with Crippen molar-refractivity contribution < 1.29 is 5.11 Å². The third-order valence-corrected chi connectivity index (χ3v) is 1.74. The Labute approximate surface area is 75.8 Å². The second-order valence-electron chi connectivity index (χ2n) is 3.02. The molecule has 0 aliphatic heterocycles. The highest BCUT2D eigenvalue weighted by molar-refractivity contribution is 4.91. The summed E-state index contributed by atoms with van der Waals surface area (Å²) in [6.07, 6.45) is 10.8. The van der Waals surface area contributed by atoms with Gasteiger partial charge in [-0.3, -0.25) is 0 Å². The summed E-state index contributed by atoms with van der Waals surface area (Å²) < 4.78 is 0. The second-order valence-corrected chi connectivity index (χ2v) is 3.02. The average Bonchev–Trinajstić information content (AvgIpc) is 2.05. The Morgan fingerprint density at radius 2 is 2.17 bits per heavy atom. The molecule has 12 heavy (non-hydrogen) atoms. The van der Waals surface area contributed by atoms with Crippen molar-refractivity contribution in [1.82, 2.24) is 0 Å². The Kier molecular flexibility index (Phi) is 8.14. The normalized spacial score (nSPS) is 13.5. The van der Waals surface area contributed by atoms with Crippen LogP contribution in [-0.4, -0.2) is 11.2 Å². The summed E-state index contributed by atoms with van der Waals surface area (Å²) in [5, 5.41) is 9.25. The summed E-state index contributed by atoms with van der Waals surface area (Å²) in [6, 6.07) is 0. The monoisotopic (exact) mass is 168 g/mol. The largest absolute Gasteiger partial charge is 0.389 e. The van der Waals surface area contributed by atoms with Gasteiger partial charge in [0.2, 0.25) is 0 Å². The first-order valence-corrected chi connectivity index (χ1v) is 4.76. The third-order valence-electron chi connectivity index (χ3n) is 1.74. The second kappa shape index (κ2) is 8.54. The summed E-state index contributed by atoms with van der Waals surface area (Å²) in [4.78, 5) is 0. The standard InChI is InChI=1S/C11H20O/c1-3-5-6-7-8-10-11(12)9-4-2/h4,8,10-12H,2-3,5-7,9H2,1H3. The van der Waals surface area contributed by atoms with E-state index in [1.807, 2.05) is 6.08 Å². The van der Waals surface area contributed by atoms with Crippen LogP contribution >= 0.6 is 0 Å². The molecule has 0 saturated heterocycles. The van der Waals surface area contributed by atoms with E-state index in [9.17, 15) is 5.11 Å². The van der Waals surface area contributed by atoms with Crippen LogP contribution < -0.4 is 0 Å². The highest BCUT2D eigenvalue weighted by Gasteiger charge is 1.92. The van der Waals surface area contributed by atoms with Gasteiger partial charge in [-0.2, -0.15) is 0 Å². The molecular weight excluding hydrogens is 148 g/mol. The van der Waals surface area contributed by atoms with Gasteiger partial charge >= 0.3 is 0 Å². The molecule has 0 aromatic heterocycles. The lowest BCUT2D eigenvalue weighted by molar-refractivity contribution is 0.226. The average molecular weight is 168 g/mol. The van der Waals surface area contributed by atoms with Gasteiger partial charge in [0, 0.05) is 0 Å². The molecule has 70 valence electrons. The van der Waals surface area contributed by atoms with E-state index in [0.29, 0.717) is 6.42 Å². The summed E-state index contributed by atoms with van der Waals surface area (Å²) in [6.45, 7) is 5.76. The molecule has 0 aromatic rings. The molecule has 1 nitrogen and oxygen atoms in total. The van der Waals surface area contributed by atoms with Gasteiger partial charge in [0.15, 0.2) is 0 Å². The highest BCUT2D eigenvalue weighted by atomic mass is 16.3. The van der Waals surface area contributed by atoms with E-state index in [1.165, 1.54) is 19.3 Å². The molecule has 0 rings (SSSR count). The van der Waals surface area contributed by atoms with E-state index in [4.69, 9.17) is 0 Å². The number of hydrogen-bond donors (Lipinski definition) is 1. The first kappa shape index (κ1) is 11.4. The maximum Gasteiger partial charge on any atom is 0.0755 e. The molecule has 0 radical (unpaired) electrons. The Balaban J connectivity index is 3.28. The fourth-order valence-corrected chi connectivity index (χ4v) is 1.01.